The number of carbonyl (C=O) groups excluding carboxylic acids is 1. The lowest BCUT2D eigenvalue weighted by Gasteiger charge is -2.55. The van der Waals surface area contributed by atoms with Crippen molar-refractivity contribution in [3.8, 4) is 12.3 Å². The minimum absolute atomic E-state index is 0.0733. The number of allylic oxidation sites excluding steroid dienone is 4. The summed E-state index contributed by atoms with van der Waals surface area (Å²) in [6.45, 7) is 6.49. The second kappa shape index (κ2) is 4.95. The van der Waals surface area contributed by atoms with Gasteiger partial charge in [0.25, 0.3) is 0 Å². The summed E-state index contributed by atoms with van der Waals surface area (Å²) in [5.41, 5.74) is 2.23. The van der Waals surface area contributed by atoms with Crippen molar-refractivity contribution >= 4 is 5.78 Å². The van der Waals surface area contributed by atoms with E-state index in [0.717, 1.165) is 24.0 Å². The third-order valence-electron chi connectivity index (χ3n) is 6.99. The molecule has 2 saturated carbocycles. The SMILES string of the molecule is C#C[C@H]1C=C[C@H]2[C@@H]3C(O)CC4=CC(=O)CC(=C)[C@@H]4[C@H]3CC[C@]12C. The molecule has 4 rings (SSSR count). The largest absolute Gasteiger partial charge is 0.392 e. The lowest BCUT2D eigenvalue weighted by molar-refractivity contribution is -0.115. The second-order valence-electron chi connectivity index (χ2n) is 8.11. The molecule has 0 saturated heterocycles. The van der Waals surface area contributed by atoms with Crippen LogP contribution in [-0.2, 0) is 4.79 Å². The van der Waals surface area contributed by atoms with E-state index in [2.05, 4.69) is 31.6 Å². The number of fused-ring (bicyclic) bond motifs is 5. The summed E-state index contributed by atoms with van der Waals surface area (Å²) in [5, 5.41) is 10.9. The Balaban J connectivity index is 1.73. The van der Waals surface area contributed by atoms with Crippen LogP contribution in [0, 0.1) is 47.3 Å². The van der Waals surface area contributed by atoms with Gasteiger partial charge < -0.3 is 5.11 Å². The first-order valence-electron chi connectivity index (χ1n) is 8.69. The molecule has 7 atom stereocenters. The zero-order chi connectivity index (χ0) is 16.4. The van der Waals surface area contributed by atoms with Gasteiger partial charge in [0.15, 0.2) is 5.78 Å². The van der Waals surface area contributed by atoms with Crippen LogP contribution in [0.5, 0.6) is 0 Å². The molecule has 1 unspecified atom stereocenters. The lowest BCUT2D eigenvalue weighted by Crippen LogP contribution is -2.52. The molecule has 120 valence electrons. The average molecular weight is 308 g/mol. The van der Waals surface area contributed by atoms with Gasteiger partial charge in [0.05, 0.1) is 6.10 Å². The van der Waals surface area contributed by atoms with Crippen LogP contribution in [-0.4, -0.2) is 17.0 Å². The van der Waals surface area contributed by atoms with E-state index in [1.165, 1.54) is 0 Å². The van der Waals surface area contributed by atoms with Gasteiger partial charge in [-0.25, -0.2) is 0 Å². The molecule has 2 fully saturated rings. The maximum atomic E-state index is 11.9. The number of hydrogen-bond acceptors (Lipinski definition) is 2. The molecule has 0 aromatic heterocycles. The standard InChI is InChI=1S/C21H24O2/c1-4-14-5-6-17-20-16(7-8-21(14,17)3)19-12(2)9-15(22)10-13(19)11-18(20)23/h1,5-6,10,14,16-20,23H,2,7-9,11H2,3H3/t14-,16+,17-,18?,19-,20+,21+/m0/s1. The first kappa shape index (κ1) is 15.0. The van der Waals surface area contributed by atoms with Crippen LogP contribution in [0.3, 0.4) is 0 Å². The first-order valence-corrected chi connectivity index (χ1v) is 8.69. The minimum atomic E-state index is -0.382. The summed E-state index contributed by atoms with van der Waals surface area (Å²) < 4.78 is 0. The predicted octanol–water partition coefficient (Wildman–Crippen LogP) is 3.29. The smallest absolute Gasteiger partial charge is 0.159 e. The summed E-state index contributed by atoms with van der Waals surface area (Å²) in [7, 11) is 0. The van der Waals surface area contributed by atoms with Crippen molar-refractivity contribution in [3.05, 3.63) is 36.0 Å². The molecule has 1 N–H and O–H groups in total. The van der Waals surface area contributed by atoms with Crippen molar-refractivity contribution in [2.45, 2.75) is 38.7 Å². The van der Waals surface area contributed by atoms with Gasteiger partial charge in [-0.15, -0.1) is 6.42 Å². The monoisotopic (exact) mass is 308 g/mol. The number of terminal acetylenes is 1. The molecule has 0 radical (unpaired) electrons. The summed E-state index contributed by atoms with van der Waals surface area (Å²) in [4.78, 5) is 11.9. The average Bonchev–Trinajstić information content (AvgIpc) is 2.82. The lowest BCUT2D eigenvalue weighted by atomic mass is 9.50. The van der Waals surface area contributed by atoms with Crippen LogP contribution in [0.1, 0.15) is 32.6 Å². The molecule has 0 amide bonds. The van der Waals surface area contributed by atoms with Crippen LogP contribution in [0.2, 0.25) is 0 Å². The summed E-state index contributed by atoms with van der Waals surface area (Å²) in [6.07, 6.45) is 14.8. The molecule has 0 spiro atoms. The van der Waals surface area contributed by atoms with E-state index in [0.29, 0.717) is 24.7 Å². The number of aliphatic hydroxyl groups excluding tert-OH is 1. The van der Waals surface area contributed by atoms with E-state index >= 15 is 0 Å². The zero-order valence-electron chi connectivity index (χ0n) is 13.7. The molecule has 4 aliphatic carbocycles. The highest BCUT2D eigenvalue weighted by Gasteiger charge is 2.57. The first-order chi connectivity index (χ1) is 11.0. The fourth-order valence-corrected chi connectivity index (χ4v) is 5.95. The van der Waals surface area contributed by atoms with Gasteiger partial charge >= 0.3 is 0 Å². The maximum Gasteiger partial charge on any atom is 0.159 e. The second-order valence-corrected chi connectivity index (χ2v) is 8.11. The van der Waals surface area contributed by atoms with Crippen molar-refractivity contribution in [2.75, 3.05) is 0 Å². The van der Waals surface area contributed by atoms with Crippen molar-refractivity contribution < 1.29 is 9.90 Å². The number of hydrogen-bond donors (Lipinski definition) is 1. The van der Waals surface area contributed by atoms with Gasteiger partial charge in [0.2, 0.25) is 0 Å². The Kier molecular flexibility index (Phi) is 3.22. The van der Waals surface area contributed by atoms with Crippen LogP contribution in [0.15, 0.2) is 36.0 Å². The molecule has 23 heavy (non-hydrogen) atoms. The molecule has 2 heteroatoms. The van der Waals surface area contributed by atoms with E-state index in [1.54, 1.807) is 6.08 Å². The molecule has 0 heterocycles. The molecule has 0 bridgehead atoms. The Morgan fingerprint density at radius 3 is 2.96 bits per heavy atom. The van der Waals surface area contributed by atoms with Gasteiger partial charge in [-0.3, -0.25) is 4.79 Å². The fourth-order valence-electron chi connectivity index (χ4n) is 5.95. The van der Waals surface area contributed by atoms with Gasteiger partial charge in [-0.1, -0.05) is 42.7 Å². The third-order valence-corrected chi connectivity index (χ3v) is 6.99. The van der Waals surface area contributed by atoms with Crippen LogP contribution in [0.4, 0.5) is 0 Å². The Labute approximate surface area is 138 Å². The highest BCUT2D eigenvalue weighted by Crippen LogP contribution is 2.61. The Morgan fingerprint density at radius 2 is 2.22 bits per heavy atom. The fraction of sp³-hybridized carbons (Fsp3) is 0.571. The van der Waals surface area contributed by atoms with E-state index in [-0.39, 0.29) is 35.1 Å². The van der Waals surface area contributed by atoms with Gasteiger partial charge in [-0.05, 0) is 48.5 Å². The van der Waals surface area contributed by atoms with Crippen molar-refractivity contribution in [1.29, 1.82) is 0 Å². The van der Waals surface area contributed by atoms with Crippen LogP contribution in [0.25, 0.3) is 0 Å². The van der Waals surface area contributed by atoms with Gasteiger partial charge in [-0.2, -0.15) is 0 Å². The van der Waals surface area contributed by atoms with Crippen LogP contribution < -0.4 is 0 Å². The Hall–Kier alpha value is -1.59. The quantitative estimate of drug-likeness (QED) is 0.551. The number of rotatable bonds is 0. The Morgan fingerprint density at radius 1 is 1.43 bits per heavy atom. The van der Waals surface area contributed by atoms with E-state index < -0.39 is 0 Å². The third kappa shape index (κ3) is 1.96. The van der Waals surface area contributed by atoms with Crippen molar-refractivity contribution in [2.24, 2.45) is 35.0 Å². The highest BCUT2D eigenvalue weighted by molar-refractivity contribution is 5.94. The summed E-state index contributed by atoms with van der Waals surface area (Å²) in [5.74, 6) is 4.50. The Bertz CT molecular complexity index is 676. The van der Waals surface area contributed by atoms with Gasteiger partial charge in [0, 0.05) is 18.3 Å². The maximum absolute atomic E-state index is 11.9. The number of ketones is 1. The number of carbonyl (C=O) groups is 1. The van der Waals surface area contributed by atoms with Gasteiger partial charge in [0.1, 0.15) is 0 Å². The van der Waals surface area contributed by atoms with Crippen molar-refractivity contribution in [3.63, 3.8) is 0 Å². The molecule has 2 nitrogen and oxygen atoms in total. The summed E-state index contributed by atoms with van der Waals surface area (Å²) in [6, 6.07) is 0. The molecule has 0 aromatic carbocycles. The van der Waals surface area contributed by atoms with E-state index in [4.69, 9.17) is 6.42 Å². The predicted molar refractivity (Wildman–Crippen MR) is 90.2 cm³/mol. The van der Waals surface area contributed by atoms with Crippen LogP contribution >= 0.6 is 0 Å². The van der Waals surface area contributed by atoms with E-state index in [1.807, 2.05) is 0 Å². The van der Waals surface area contributed by atoms with Crippen molar-refractivity contribution in [1.82, 2.24) is 0 Å². The highest BCUT2D eigenvalue weighted by atomic mass is 16.3. The normalized spacial score (nSPS) is 48.1. The molecular weight excluding hydrogens is 284 g/mol. The van der Waals surface area contributed by atoms with E-state index in [9.17, 15) is 9.90 Å². The minimum Gasteiger partial charge on any atom is -0.392 e. The molecule has 4 aliphatic rings. The molecule has 0 aliphatic heterocycles. The topological polar surface area (TPSA) is 37.3 Å². The summed E-state index contributed by atoms with van der Waals surface area (Å²) >= 11 is 0. The molecule has 0 aromatic rings. The zero-order valence-corrected chi connectivity index (χ0v) is 13.7. The molecular formula is C21H24O2. The number of aliphatic hydroxyl groups is 1.